The number of ether oxygens (including phenoxy) is 2. The van der Waals surface area contributed by atoms with Gasteiger partial charge < -0.3 is 9.47 Å². The highest BCUT2D eigenvalue weighted by atomic mass is 16.5. The highest BCUT2D eigenvalue weighted by Crippen LogP contribution is 1.94. The van der Waals surface area contributed by atoms with Crippen molar-refractivity contribution in [2.24, 2.45) is 11.8 Å². The summed E-state index contributed by atoms with van der Waals surface area (Å²) < 4.78 is 12.3. The van der Waals surface area contributed by atoms with Crippen LogP contribution in [-0.2, 0) is 16.0 Å². The number of hydrogen-bond donors (Lipinski definition) is 2. The lowest BCUT2D eigenvalue weighted by molar-refractivity contribution is 0.0345. The predicted octanol–water partition coefficient (Wildman–Crippen LogP) is -0.429. The van der Waals surface area contributed by atoms with E-state index in [4.69, 9.17) is 15.3 Å². The Hall–Kier alpha value is -1.51. The van der Waals surface area contributed by atoms with E-state index in [9.17, 15) is 4.79 Å². The van der Waals surface area contributed by atoms with E-state index in [0.717, 1.165) is 6.61 Å². The molecule has 0 spiro atoms. The molecule has 3 N–H and O–H groups in total. The zero-order chi connectivity index (χ0) is 14.1. The van der Waals surface area contributed by atoms with E-state index < -0.39 is 5.91 Å². The topological polar surface area (TPSA) is 104 Å². The summed E-state index contributed by atoms with van der Waals surface area (Å²) in [5.74, 6) is 5.05. The summed E-state index contributed by atoms with van der Waals surface area (Å²) in [4.78, 5) is 11.1. The molecule has 1 aromatic rings. The molecule has 1 amide bonds. The van der Waals surface area contributed by atoms with E-state index in [0.29, 0.717) is 32.3 Å². The van der Waals surface area contributed by atoms with Crippen molar-refractivity contribution < 1.29 is 14.3 Å². The van der Waals surface area contributed by atoms with Crippen LogP contribution in [0.2, 0.25) is 0 Å². The van der Waals surface area contributed by atoms with Crippen LogP contribution < -0.4 is 11.3 Å². The third-order valence-electron chi connectivity index (χ3n) is 2.19. The average Bonchev–Trinajstić information content (AvgIpc) is 2.85. The van der Waals surface area contributed by atoms with Crippen molar-refractivity contribution in [3.63, 3.8) is 0 Å². The molecule has 0 aliphatic carbocycles. The number of nitrogens with two attached hydrogens (primary N) is 1. The van der Waals surface area contributed by atoms with Gasteiger partial charge in [0.05, 0.1) is 32.6 Å². The molecule has 19 heavy (non-hydrogen) atoms. The quantitative estimate of drug-likeness (QED) is 0.273. The van der Waals surface area contributed by atoms with Gasteiger partial charge in [-0.3, -0.25) is 10.2 Å². The Labute approximate surface area is 112 Å². The lowest BCUT2D eigenvalue weighted by atomic mass is 10.2. The van der Waals surface area contributed by atoms with E-state index in [1.807, 2.05) is 5.43 Å². The number of rotatable bonds is 9. The SMILES string of the molecule is CC(C)COCCOCCn1cc(C(=O)NN)nn1. The fourth-order valence-corrected chi connectivity index (χ4v) is 1.28. The monoisotopic (exact) mass is 271 g/mol. The molecule has 0 bridgehead atoms. The first-order valence-corrected chi connectivity index (χ1v) is 6.20. The van der Waals surface area contributed by atoms with E-state index in [2.05, 4.69) is 24.2 Å². The van der Waals surface area contributed by atoms with Gasteiger partial charge in [0.1, 0.15) is 0 Å². The van der Waals surface area contributed by atoms with Crippen LogP contribution in [0.4, 0.5) is 0 Å². The summed E-state index contributed by atoms with van der Waals surface area (Å²) >= 11 is 0. The van der Waals surface area contributed by atoms with Crippen molar-refractivity contribution >= 4 is 5.91 Å². The van der Waals surface area contributed by atoms with Gasteiger partial charge in [0.2, 0.25) is 0 Å². The minimum Gasteiger partial charge on any atom is -0.379 e. The number of nitrogens with zero attached hydrogens (tertiary/aromatic N) is 3. The molecule has 0 saturated heterocycles. The van der Waals surface area contributed by atoms with Gasteiger partial charge in [-0.1, -0.05) is 19.1 Å². The van der Waals surface area contributed by atoms with Crippen molar-refractivity contribution in [1.82, 2.24) is 20.4 Å². The number of hydrogen-bond acceptors (Lipinski definition) is 6. The first-order chi connectivity index (χ1) is 9.13. The highest BCUT2D eigenvalue weighted by molar-refractivity contribution is 5.91. The van der Waals surface area contributed by atoms with E-state index in [1.165, 1.54) is 10.9 Å². The number of amides is 1. The van der Waals surface area contributed by atoms with E-state index in [1.54, 1.807) is 0 Å². The molecule has 8 heteroatoms. The molecule has 0 radical (unpaired) electrons. The van der Waals surface area contributed by atoms with Gasteiger partial charge >= 0.3 is 0 Å². The number of aromatic nitrogens is 3. The summed E-state index contributed by atoms with van der Waals surface area (Å²) in [5.41, 5.74) is 2.17. The maximum absolute atomic E-state index is 11.1. The second-order valence-electron chi connectivity index (χ2n) is 4.42. The second kappa shape index (κ2) is 8.57. The summed E-state index contributed by atoms with van der Waals surface area (Å²) in [6, 6.07) is 0. The lowest BCUT2D eigenvalue weighted by Gasteiger charge is -2.07. The van der Waals surface area contributed by atoms with Gasteiger partial charge in [-0.25, -0.2) is 10.5 Å². The largest absolute Gasteiger partial charge is 0.379 e. The van der Waals surface area contributed by atoms with Crippen LogP contribution in [0.3, 0.4) is 0 Å². The van der Waals surface area contributed by atoms with Gasteiger partial charge in [-0.05, 0) is 5.92 Å². The standard InChI is InChI=1S/C11H21N5O3/c1-9(2)8-19-6-5-18-4-3-16-7-10(14-15-16)11(17)13-12/h7,9H,3-6,8,12H2,1-2H3,(H,13,17). The van der Waals surface area contributed by atoms with E-state index in [-0.39, 0.29) is 5.69 Å². The number of nitrogens with one attached hydrogen (secondary N) is 1. The van der Waals surface area contributed by atoms with Crippen LogP contribution in [0.25, 0.3) is 0 Å². The molecule has 0 aliphatic heterocycles. The van der Waals surface area contributed by atoms with Crippen molar-refractivity contribution in [3.8, 4) is 0 Å². The first kappa shape index (κ1) is 15.5. The molecule has 0 unspecified atom stereocenters. The molecule has 0 aromatic carbocycles. The molecular formula is C11H21N5O3. The minimum atomic E-state index is -0.464. The van der Waals surface area contributed by atoms with Crippen molar-refractivity contribution in [3.05, 3.63) is 11.9 Å². The summed E-state index contributed by atoms with van der Waals surface area (Å²) in [6.07, 6.45) is 1.51. The Balaban J connectivity index is 2.09. The highest BCUT2D eigenvalue weighted by Gasteiger charge is 2.08. The average molecular weight is 271 g/mol. The van der Waals surface area contributed by atoms with Gasteiger partial charge in [0, 0.05) is 6.61 Å². The summed E-state index contributed by atoms with van der Waals surface area (Å²) in [5, 5.41) is 7.46. The number of carbonyl (C=O) groups excluding carboxylic acids is 1. The number of hydrazine groups is 1. The van der Waals surface area contributed by atoms with Crippen LogP contribution in [0.15, 0.2) is 6.20 Å². The second-order valence-corrected chi connectivity index (χ2v) is 4.42. The lowest BCUT2D eigenvalue weighted by Crippen LogP contribution is -2.30. The third kappa shape index (κ3) is 6.27. The fraction of sp³-hybridized carbons (Fsp3) is 0.727. The maximum Gasteiger partial charge on any atom is 0.287 e. The molecule has 8 nitrogen and oxygen atoms in total. The summed E-state index contributed by atoms with van der Waals surface area (Å²) in [6.45, 7) is 7.06. The summed E-state index contributed by atoms with van der Waals surface area (Å²) in [7, 11) is 0. The predicted molar refractivity (Wildman–Crippen MR) is 68.2 cm³/mol. The molecule has 108 valence electrons. The van der Waals surface area contributed by atoms with Gasteiger partial charge in [0.15, 0.2) is 5.69 Å². The van der Waals surface area contributed by atoms with Gasteiger partial charge in [-0.15, -0.1) is 5.10 Å². The maximum atomic E-state index is 11.1. The molecule has 0 aliphatic rings. The molecule has 1 heterocycles. The Morgan fingerprint density at radius 2 is 2.16 bits per heavy atom. The van der Waals surface area contributed by atoms with Crippen LogP contribution >= 0.6 is 0 Å². The Bertz CT molecular complexity index is 380. The molecule has 0 atom stereocenters. The van der Waals surface area contributed by atoms with Crippen molar-refractivity contribution in [1.29, 1.82) is 0 Å². The third-order valence-corrected chi connectivity index (χ3v) is 2.19. The first-order valence-electron chi connectivity index (χ1n) is 6.20. The molecule has 0 saturated carbocycles. The van der Waals surface area contributed by atoms with Crippen LogP contribution in [0.5, 0.6) is 0 Å². The molecular weight excluding hydrogens is 250 g/mol. The van der Waals surface area contributed by atoms with Gasteiger partial charge in [-0.2, -0.15) is 0 Å². The molecule has 0 fully saturated rings. The smallest absolute Gasteiger partial charge is 0.287 e. The zero-order valence-electron chi connectivity index (χ0n) is 11.3. The van der Waals surface area contributed by atoms with Crippen LogP contribution in [0, 0.1) is 5.92 Å². The Kier molecular flexibility index (Phi) is 7.01. The normalized spacial score (nSPS) is 10.9. The van der Waals surface area contributed by atoms with Gasteiger partial charge in [0.25, 0.3) is 5.91 Å². The van der Waals surface area contributed by atoms with Crippen LogP contribution in [-0.4, -0.2) is 47.3 Å². The number of nitrogen functional groups attached to an aromatic ring is 1. The van der Waals surface area contributed by atoms with E-state index >= 15 is 0 Å². The number of carbonyl (C=O) groups is 1. The molecule has 1 rings (SSSR count). The van der Waals surface area contributed by atoms with Crippen molar-refractivity contribution in [2.45, 2.75) is 20.4 Å². The van der Waals surface area contributed by atoms with Crippen LogP contribution in [0.1, 0.15) is 24.3 Å². The Morgan fingerprint density at radius 3 is 2.84 bits per heavy atom. The zero-order valence-corrected chi connectivity index (χ0v) is 11.3. The molecule has 1 aromatic heterocycles. The Morgan fingerprint density at radius 1 is 1.42 bits per heavy atom. The van der Waals surface area contributed by atoms with Crippen molar-refractivity contribution in [2.75, 3.05) is 26.4 Å². The fourth-order valence-electron chi connectivity index (χ4n) is 1.28. The minimum absolute atomic E-state index is 0.183.